The zero-order chi connectivity index (χ0) is 12.1. The van der Waals surface area contributed by atoms with Gasteiger partial charge in [0.15, 0.2) is 0 Å². The van der Waals surface area contributed by atoms with Crippen LogP contribution in [0.4, 0.5) is 0 Å². The topological polar surface area (TPSA) is 104 Å². The van der Waals surface area contributed by atoms with Crippen molar-refractivity contribution >= 4 is 11.9 Å². The van der Waals surface area contributed by atoms with Crippen LogP contribution in [0.3, 0.4) is 0 Å². The van der Waals surface area contributed by atoms with E-state index in [1.165, 1.54) is 0 Å². The molecule has 1 rings (SSSR count). The van der Waals surface area contributed by atoms with Crippen LogP contribution in [0.5, 0.6) is 0 Å². The molecular formula is C10H18N2O4. The highest BCUT2D eigenvalue weighted by Gasteiger charge is 2.30. The Morgan fingerprint density at radius 3 is 2.12 bits per heavy atom. The number of nitrogens with two attached hydrogens (primary N) is 1. The Morgan fingerprint density at radius 1 is 1.12 bits per heavy atom. The average Bonchev–Trinajstić information content (AvgIpc) is 2.26. The summed E-state index contributed by atoms with van der Waals surface area (Å²) in [7, 11) is 0. The largest absolute Gasteiger partial charge is 0.480 e. The molecule has 16 heavy (non-hydrogen) atoms. The fourth-order valence-electron chi connectivity index (χ4n) is 1.98. The summed E-state index contributed by atoms with van der Waals surface area (Å²) < 4.78 is 0. The summed E-state index contributed by atoms with van der Waals surface area (Å²) in [5.41, 5.74) is 5.37. The molecule has 0 saturated carbocycles. The smallest absolute Gasteiger partial charge is 0.320 e. The SMILES string of the molecule is N[C@H](C[C@@H](C(=O)O)N1CCCCC1)C(=O)O. The van der Waals surface area contributed by atoms with E-state index in [-0.39, 0.29) is 6.42 Å². The van der Waals surface area contributed by atoms with Crippen LogP contribution in [0.1, 0.15) is 25.7 Å². The van der Waals surface area contributed by atoms with E-state index < -0.39 is 24.0 Å². The normalized spacial score (nSPS) is 21.3. The van der Waals surface area contributed by atoms with Gasteiger partial charge < -0.3 is 15.9 Å². The highest BCUT2D eigenvalue weighted by atomic mass is 16.4. The molecule has 0 unspecified atom stereocenters. The van der Waals surface area contributed by atoms with Crippen molar-refractivity contribution in [3.63, 3.8) is 0 Å². The predicted octanol–water partition coefficient (Wildman–Crippen LogP) is -0.272. The maximum Gasteiger partial charge on any atom is 0.320 e. The molecule has 0 bridgehead atoms. The lowest BCUT2D eigenvalue weighted by Crippen LogP contribution is -2.48. The Bertz CT molecular complexity index is 264. The quantitative estimate of drug-likeness (QED) is 0.600. The van der Waals surface area contributed by atoms with Crippen LogP contribution in [-0.4, -0.2) is 52.2 Å². The molecular weight excluding hydrogens is 212 g/mol. The Hall–Kier alpha value is -1.14. The zero-order valence-electron chi connectivity index (χ0n) is 9.13. The van der Waals surface area contributed by atoms with E-state index in [9.17, 15) is 9.59 Å². The van der Waals surface area contributed by atoms with Crippen LogP contribution >= 0.6 is 0 Å². The summed E-state index contributed by atoms with van der Waals surface area (Å²) in [6, 6.07) is -1.88. The van der Waals surface area contributed by atoms with Gasteiger partial charge in [-0.15, -0.1) is 0 Å². The van der Waals surface area contributed by atoms with Crippen molar-refractivity contribution in [2.45, 2.75) is 37.8 Å². The highest BCUT2D eigenvalue weighted by molar-refractivity contribution is 5.77. The van der Waals surface area contributed by atoms with Gasteiger partial charge >= 0.3 is 11.9 Å². The van der Waals surface area contributed by atoms with Gasteiger partial charge in [0.1, 0.15) is 12.1 Å². The molecule has 1 heterocycles. The summed E-state index contributed by atoms with van der Waals surface area (Å²) in [5, 5.41) is 17.7. The molecule has 0 aromatic carbocycles. The van der Waals surface area contributed by atoms with Gasteiger partial charge in [-0.05, 0) is 32.4 Å². The Labute approximate surface area is 94.0 Å². The van der Waals surface area contributed by atoms with Crippen LogP contribution in [0.15, 0.2) is 0 Å². The summed E-state index contributed by atoms with van der Waals surface area (Å²) in [6.45, 7) is 1.42. The van der Waals surface area contributed by atoms with E-state index in [1.807, 2.05) is 4.90 Å². The maximum atomic E-state index is 11.1. The number of carbonyl (C=O) groups is 2. The summed E-state index contributed by atoms with van der Waals surface area (Å²) in [4.78, 5) is 23.5. The number of carboxylic acids is 2. The zero-order valence-corrected chi connectivity index (χ0v) is 9.13. The van der Waals surface area contributed by atoms with E-state index in [1.54, 1.807) is 0 Å². The van der Waals surface area contributed by atoms with Gasteiger partial charge in [-0.1, -0.05) is 6.42 Å². The van der Waals surface area contributed by atoms with Crippen molar-refractivity contribution in [3.05, 3.63) is 0 Å². The van der Waals surface area contributed by atoms with Crippen LogP contribution in [0.25, 0.3) is 0 Å². The molecule has 0 spiro atoms. The molecule has 2 atom stereocenters. The van der Waals surface area contributed by atoms with E-state index in [0.29, 0.717) is 13.1 Å². The fourth-order valence-corrected chi connectivity index (χ4v) is 1.98. The molecule has 0 aromatic heterocycles. The first-order chi connectivity index (χ1) is 7.52. The molecule has 0 aliphatic carbocycles. The molecule has 92 valence electrons. The minimum absolute atomic E-state index is 0.0370. The molecule has 6 heteroatoms. The van der Waals surface area contributed by atoms with Crippen molar-refractivity contribution in [3.8, 4) is 0 Å². The summed E-state index contributed by atoms with van der Waals surface area (Å²) in [6.07, 6.45) is 3.00. The average molecular weight is 230 g/mol. The third-order valence-electron chi connectivity index (χ3n) is 2.91. The Kier molecular flexibility index (Phi) is 4.70. The standard InChI is InChI=1S/C10H18N2O4/c11-7(9(13)14)6-8(10(15)16)12-4-2-1-3-5-12/h7-8H,1-6,11H2,(H,13,14)(H,15,16)/t7-,8+/m1/s1. The van der Waals surface area contributed by atoms with E-state index in [0.717, 1.165) is 19.3 Å². The molecule has 1 fully saturated rings. The molecule has 6 nitrogen and oxygen atoms in total. The second-order valence-corrected chi connectivity index (χ2v) is 4.13. The second kappa shape index (κ2) is 5.81. The molecule has 1 saturated heterocycles. The van der Waals surface area contributed by atoms with Gasteiger partial charge in [0.25, 0.3) is 0 Å². The number of piperidine rings is 1. The van der Waals surface area contributed by atoms with Crippen LogP contribution in [0.2, 0.25) is 0 Å². The third-order valence-corrected chi connectivity index (χ3v) is 2.91. The van der Waals surface area contributed by atoms with Gasteiger partial charge in [0, 0.05) is 0 Å². The molecule has 4 N–H and O–H groups in total. The number of carboxylic acid groups (broad SMARTS) is 2. The Balaban J connectivity index is 2.59. The minimum atomic E-state index is -1.15. The lowest BCUT2D eigenvalue weighted by Gasteiger charge is -2.32. The van der Waals surface area contributed by atoms with E-state index in [4.69, 9.17) is 15.9 Å². The number of aliphatic carboxylic acids is 2. The predicted molar refractivity (Wildman–Crippen MR) is 57.1 cm³/mol. The number of hydrogen-bond acceptors (Lipinski definition) is 4. The van der Waals surface area contributed by atoms with Gasteiger partial charge in [-0.3, -0.25) is 14.5 Å². The van der Waals surface area contributed by atoms with Crippen LogP contribution < -0.4 is 5.73 Å². The lowest BCUT2D eigenvalue weighted by atomic mass is 10.0. The third kappa shape index (κ3) is 3.46. The van der Waals surface area contributed by atoms with Gasteiger partial charge in [0.2, 0.25) is 0 Å². The molecule has 1 aliphatic heterocycles. The Morgan fingerprint density at radius 2 is 1.69 bits per heavy atom. The number of likely N-dealkylation sites (tertiary alicyclic amines) is 1. The van der Waals surface area contributed by atoms with Crippen molar-refractivity contribution < 1.29 is 19.8 Å². The second-order valence-electron chi connectivity index (χ2n) is 4.13. The lowest BCUT2D eigenvalue weighted by molar-refractivity contribution is -0.145. The van der Waals surface area contributed by atoms with Gasteiger partial charge in [-0.2, -0.15) is 0 Å². The highest BCUT2D eigenvalue weighted by Crippen LogP contribution is 2.15. The van der Waals surface area contributed by atoms with Gasteiger partial charge in [-0.25, -0.2) is 0 Å². The first-order valence-electron chi connectivity index (χ1n) is 5.47. The van der Waals surface area contributed by atoms with Crippen molar-refractivity contribution in [2.24, 2.45) is 5.73 Å². The van der Waals surface area contributed by atoms with Crippen molar-refractivity contribution in [1.82, 2.24) is 4.90 Å². The van der Waals surface area contributed by atoms with E-state index in [2.05, 4.69) is 0 Å². The van der Waals surface area contributed by atoms with Gasteiger partial charge in [0.05, 0.1) is 0 Å². The summed E-state index contributed by atoms with van der Waals surface area (Å²) >= 11 is 0. The first-order valence-corrected chi connectivity index (χ1v) is 5.47. The van der Waals surface area contributed by atoms with Crippen molar-refractivity contribution in [1.29, 1.82) is 0 Å². The minimum Gasteiger partial charge on any atom is -0.480 e. The molecule has 0 aromatic rings. The number of hydrogen-bond donors (Lipinski definition) is 3. The van der Waals surface area contributed by atoms with Crippen molar-refractivity contribution in [2.75, 3.05) is 13.1 Å². The number of nitrogens with zero attached hydrogens (tertiary/aromatic N) is 1. The molecule has 0 radical (unpaired) electrons. The fraction of sp³-hybridized carbons (Fsp3) is 0.800. The van der Waals surface area contributed by atoms with Crippen LogP contribution in [0, 0.1) is 0 Å². The van der Waals surface area contributed by atoms with Crippen LogP contribution in [-0.2, 0) is 9.59 Å². The molecule has 0 amide bonds. The number of rotatable bonds is 5. The monoisotopic (exact) mass is 230 g/mol. The molecule has 1 aliphatic rings. The summed E-state index contributed by atoms with van der Waals surface area (Å²) in [5.74, 6) is -2.14. The van der Waals surface area contributed by atoms with E-state index >= 15 is 0 Å². The maximum absolute atomic E-state index is 11.1. The first kappa shape index (κ1) is 12.9.